The molecule has 1 aliphatic rings. The molecule has 6 nitrogen and oxygen atoms in total. The fourth-order valence-electron chi connectivity index (χ4n) is 3.32. The van der Waals surface area contributed by atoms with Crippen molar-refractivity contribution in [3.63, 3.8) is 0 Å². The van der Waals surface area contributed by atoms with Crippen LogP contribution in [0.4, 0.5) is 0 Å². The highest BCUT2D eigenvalue weighted by molar-refractivity contribution is 7.99. The van der Waals surface area contributed by atoms with Gasteiger partial charge in [0.25, 0.3) is 5.91 Å². The Labute approximate surface area is 170 Å². The highest BCUT2D eigenvalue weighted by Crippen LogP contribution is 2.22. The topological polar surface area (TPSA) is 76.0 Å². The maximum Gasteiger partial charge on any atom is 0.251 e. The number of benzene rings is 1. The first-order chi connectivity index (χ1) is 13.7. The summed E-state index contributed by atoms with van der Waals surface area (Å²) in [7, 11) is 0. The molecule has 1 fully saturated rings. The molecule has 0 bridgehead atoms. The number of carbonyl (C=O) groups excluding carboxylic acids is 2. The van der Waals surface area contributed by atoms with E-state index in [0.717, 1.165) is 36.5 Å². The van der Waals surface area contributed by atoms with Gasteiger partial charge in [-0.3, -0.25) is 14.2 Å². The van der Waals surface area contributed by atoms with E-state index in [9.17, 15) is 9.59 Å². The molecule has 0 radical (unpaired) electrons. The Morgan fingerprint density at radius 1 is 1.21 bits per heavy atom. The molecule has 3 rings (SSSR count). The lowest BCUT2D eigenvalue weighted by Crippen LogP contribution is -2.33. The van der Waals surface area contributed by atoms with Crippen molar-refractivity contribution >= 4 is 23.6 Å². The van der Waals surface area contributed by atoms with Gasteiger partial charge in [0, 0.05) is 36.2 Å². The molecule has 0 saturated heterocycles. The molecule has 28 heavy (non-hydrogen) atoms. The van der Waals surface area contributed by atoms with E-state index in [1.54, 1.807) is 6.20 Å². The third-order valence-corrected chi connectivity index (χ3v) is 5.85. The highest BCUT2D eigenvalue weighted by Gasteiger charge is 2.17. The minimum atomic E-state index is -0.0520. The largest absolute Gasteiger partial charge is 0.353 e. The van der Waals surface area contributed by atoms with Gasteiger partial charge in [-0.2, -0.15) is 0 Å². The van der Waals surface area contributed by atoms with E-state index in [1.807, 2.05) is 35.0 Å². The predicted molar refractivity (Wildman–Crippen MR) is 112 cm³/mol. The molecule has 1 aliphatic carbocycles. The maximum absolute atomic E-state index is 12.2. The number of carbonyl (C=O) groups is 2. The van der Waals surface area contributed by atoms with Gasteiger partial charge in [-0.25, -0.2) is 4.98 Å². The van der Waals surface area contributed by atoms with Gasteiger partial charge in [-0.1, -0.05) is 37.9 Å². The van der Waals surface area contributed by atoms with Crippen LogP contribution >= 0.6 is 11.8 Å². The first kappa shape index (κ1) is 20.5. The van der Waals surface area contributed by atoms with Crippen molar-refractivity contribution in [2.75, 3.05) is 12.3 Å². The van der Waals surface area contributed by atoms with Crippen molar-refractivity contribution < 1.29 is 9.59 Å². The van der Waals surface area contributed by atoms with Crippen LogP contribution in [-0.2, 0) is 4.79 Å². The number of aromatic nitrogens is 2. The van der Waals surface area contributed by atoms with Crippen LogP contribution in [0.2, 0.25) is 0 Å². The molecular weight excluding hydrogens is 372 g/mol. The summed E-state index contributed by atoms with van der Waals surface area (Å²) in [5.41, 5.74) is 1.56. The molecule has 0 atom stereocenters. The average molecular weight is 401 g/mol. The smallest absolute Gasteiger partial charge is 0.251 e. The van der Waals surface area contributed by atoms with Crippen LogP contribution in [0.15, 0.2) is 41.8 Å². The summed E-state index contributed by atoms with van der Waals surface area (Å²) in [5, 5.41) is 6.79. The zero-order chi connectivity index (χ0) is 19.8. The molecule has 0 spiro atoms. The fourth-order valence-corrected chi connectivity index (χ4v) is 4.10. The number of amides is 2. The predicted octanol–water partition coefficient (Wildman–Crippen LogP) is 3.55. The number of nitrogens with one attached hydrogen (secondary N) is 2. The second-order valence-corrected chi connectivity index (χ2v) is 8.02. The SMILES string of the molecule is CCCCNC(=O)c1ccc(-n2ccnc2SCC(=O)NC2CCCC2)cc1. The molecule has 7 heteroatoms. The van der Waals surface area contributed by atoms with E-state index in [-0.39, 0.29) is 11.8 Å². The summed E-state index contributed by atoms with van der Waals surface area (Å²) in [4.78, 5) is 28.7. The number of imidazole rings is 1. The average Bonchev–Trinajstić information content (AvgIpc) is 3.38. The lowest BCUT2D eigenvalue weighted by molar-refractivity contribution is -0.119. The van der Waals surface area contributed by atoms with Gasteiger partial charge in [0.15, 0.2) is 5.16 Å². The maximum atomic E-state index is 12.2. The van der Waals surface area contributed by atoms with E-state index in [1.165, 1.54) is 24.6 Å². The second-order valence-electron chi connectivity index (χ2n) is 7.07. The third kappa shape index (κ3) is 5.61. The van der Waals surface area contributed by atoms with Crippen LogP contribution in [0.1, 0.15) is 55.8 Å². The van der Waals surface area contributed by atoms with Crippen LogP contribution in [0.3, 0.4) is 0 Å². The molecule has 2 aromatic rings. The van der Waals surface area contributed by atoms with Gasteiger partial charge >= 0.3 is 0 Å². The molecule has 1 saturated carbocycles. The summed E-state index contributed by atoms with van der Waals surface area (Å²) >= 11 is 1.42. The van der Waals surface area contributed by atoms with Gasteiger partial charge in [0.2, 0.25) is 5.91 Å². The van der Waals surface area contributed by atoms with Crippen LogP contribution in [0.25, 0.3) is 5.69 Å². The van der Waals surface area contributed by atoms with Gasteiger partial charge in [-0.05, 0) is 43.5 Å². The van der Waals surface area contributed by atoms with E-state index in [2.05, 4.69) is 22.5 Å². The van der Waals surface area contributed by atoms with Gasteiger partial charge in [0.05, 0.1) is 5.75 Å². The Kier molecular flexibility index (Phi) is 7.54. The Bertz CT molecular complexity index is 782. The number of hydrogen-bond donors (Lipinski definition) is 2. The monoisotopic (exact) mass is 400 g/mol. The number of hydrogen-bond acceptors (Lipinski definition) is 4. The number of unbranched alkanes of at least 4 members (excludes halogenated alkanes) is 1. The molecule has 1 heterocycles. The number of thioether (sulfide) groups is 1. The quantitative estimate of drug-likeness (QED) is 0.499. The first-order valence-corrected chi connectivity index (χ1v) is 11.0. The zero-order valence-electron chi connectivity index (χ0n) is 16.3. The van der Waals surface area contributed by atoms with Crippen LogP contribution < -0.4 is 10.6 Å². The lowest BCUT2D eigenvalue weighted by atomic mass is 10.2. The van der Waals surface area contributed by atoms with Crippen molar-refractivity contribution in [1.29, 1.82) is 0 Å². The molecule has 0 aliphatic heterocycles. The first-order valence-electron chi connectivity index (χ1n) is 10.0. The van der Waals surface area contributed by atoms with E-state index >= 15 is 0 Å². The van der Waals surface area contributed by atoms with Crippen molar-refractivity contribution in [2.45, 2.75) is 56.6 Å². The second kappa shape index (κ2) is 10.3. The Morgan fingerprint density at radius 2 is 1.96 bits per heavy atom. The highest BCUT2D eigenvalue weighted by atomic mass is 32.2. The molecular formula is C21H28N4O2S. The van der Waals surface area contributed by atoms with Crippen molar-refractivity contribution in [3.8, 4) is 5.69 Å². The normalized spacial score (nSPS) is 14.2. The summed E-state index contributed by atoms with van der Waals surface area (Å²) < 4.78 is 1.94. The van der Waals surface area contributed by atoms with Crippen molar-refractivity contribution in [3.05, 3.63) is 42.2 Å². The summed E-state index contributed by atoms with van der Waals surface area (Å²) in [6.07, 6.45) is 10.2. The van der Waals surface area contributed by atoms with Gasteiger partial charge in [-0.15, -0.1) is 0 Å². The summed E-state index contributed by atoms with van der Waals surface area (Å²) in [6, 6.07) is 7.78. The zero-order valence-corrected chi connectivity index (χ0v) is 17.1. The number of rotatable bonds is 9. The van der Waals surface area contributed by atoms with Crippen LogP contribution in [0.5, 0.6) is 0 Å². The fraction of sp³-hybridized carbons (Fsp3) is 0.476. The molecule has 1 aromatic carbocycles. The Hall–Kier alpha value is -2.28. The standard InChI is InChI=1S/C21H28N4O2S/c1-2-3-12-22-20(27)16-8-10-18(11-9-16)25-14-13-23-21(25)28-15-19(26)24-17-6-4-5-7-17/h8-11,13-14,17H,2-7,12,15H2,1H3,(H,22,27)(H,24,26). The Balaban J connectivity index is 1.56. The molecule has 0 unspecified atom stereocenters. The Morgan fingerprint density at radius 3 is 2.68 bits per heavy atom. The van der Waals surface area contributed by atoms with Gasteiger partial charge in [0.1, 0.15) is 0 Å². The summed E-state index contributed by atoms with van der Waals surface area (Å²) in [6.45, 7) is 2.79. The van der Waals surface area contributed by atoms with Gasteiger partial charge < -0.3 is 10.6 Å². The molecule has 2 N–H and O–H groups in total. The van der Waals surface area contributed by atoms with Crippen LogP contribution in [-0.4, -0.2) is 39.7 Å². The molecule has 1 aromatic heterocycles. The number of nitrogens with zero attached hydrogens (tertiary/aromatic N) is 2. The third-order valence-electron chi connectivity index (χ3n) is 4.88. The minimum absolute atomic E-state index is 0.0520. The van der Waals surface area contributed by atoms with E-state index in [0.29, 0.717) is 23.9 Å². The van der Waals surface area contributed by atoms with E-state index < -0.39 is 0 Å². The molecule has 2 amide bonds. The minimum Gasteiger partial charge on any atom is -0.353 e. The molecule has 150 valence electrons. The van der Waals surface area contributed by atoms with E-state index in [4.69, 9.17) is 0 Å². The lowest BCUT2D eigenvalue weighted by Gasteiger charge is -2.12. The van der Waals surface area contributed by atoms with Crippen LogP contribution in [0, 0.1) is 0 Å². The summed E-state index contributed by atoms with van der Waals surface area (Å²) in [5.74, 6) is 0.361. The van der Waals surface area contributed by atoms with Crippen molar-refractivity contribution in [2.24, 2.45) is 0 Å². The van der Waals surface area contributed by atoms with Crippen molar-refractivity contribution in [1.82, 2.24) is 20.2 Å².